The second kappa shape index (κ2) is 8.23. The lowest BCUT2D eigenvalue weighted by molar-refractivity contribution is 0.0303. The summed E-state index contributed by atoms with van der Waals surface area (Å²) < 4.78 is 10.6. The minimum absolute atomic E-state index is 0.0922. The molecule has 29 heavy (non-hydrogen) atoms. The molecule has 0 atom stereocenters. The molecule has 3 aromatic rings. The van der Waals surface area contributed by atoms with Gasteiger partial charge in [0, 0.05) is 36.1 Å². The standard InChI is InChI=1S/C21H21ClN4O3/c1-13-3-5-15-19(25-14-4-6-18(28-2)17(22)11-14)16(12-23-20(15)24-13)21(27)26-7-9-29-10-8-26/h3-6,11-12H,7-10H2,1-2H3,(H,23,24,25). The zero-order valence-corrected chi connectivity index (χ0v) is 17.0. The van der Waals surface area contributed by atoms with Gasteiger partial charge in [0.1, 0.15) is 5.75 Å². The number of hydrogen-bond acceptors (Lipinski definition) is 6. The number of carbonyl (C=O) groups excluding carboxylic acids is 1. The van der Waals surface area contributed by atoms with E-state index < -0.39 is 0 Å². The molecule has 1 amide bonds. The summed E-state index contributed by atoms with van der Waals surface area (Å²) in [7, 11) is 1.57. The number of halogens is 1. The molecule has 1 aromatic carbocycles. The summed E-state index contributed by atoms with van der Waals surface area (Å²) in [5.74, 6) is 0.490. The van der Waals surface area contributed by atoms with E-state index in [9.17, 15) is 4.79 Å². The van der Waals surface area contributed by atoms with Crippen LogP contribution in [0, 0.1) is 6.92 Å². The lowest BCUT2D eigenvalue weighted by Crippen LogP contribution is -2.41. The fourth-order valence-corrected chi connectivity index (χ4v) is 3.55. The van der Waals surface area contributed by atoms with Crippen LogP contribution in [0.1, 0.15) is 16.1 Å². The van der Waals surface area contributed by atoms with Gasteiger partial charge in [-0.3, -0.25) is 4.79 Å². The van der Waals surface area contributed by atoms with Gasteiger partial charge in [0.15, 0.2) is 5.65 Å². The molecule has 0 bridgehead atoms. The van der Waals surface area contributed by atoms with Gasteiger partial charge in [-0.25, -0.2) is 9.97 Å². The van der Waals surface area contributed by atoms with Gasteiger partial charge in [0.2, 0.25) is 0 Å². The Labute approximate surface area is 173 Å². The number of nitrogens with one attached hydrogen (secondary N) is 1. The number of methoxy groups -OCH3 is 1. The molecule has 1 aliphatic rings. The number of aryl methyl sites for hydroxylation is 1. The predicted octanol–water partition coefficient (Wildman–Crippen LogP) is 3.82. The van der Waals surface area contributed by atoms with Gasteiger partial charge in [-0.15, -0.1) is 0 Å². The van der Waals surface area contributed by atoms with Crippen molar-refractivity contribution in [2.24, 2.45) is 0 Å². The highest BCUT2D eigenvalue weighted by Gasteiger charge is 2.23. The number of morpholine rings is 1. The van der Waals surface area contributed by atoms with Crippen molar-refractivity contribution in [1.29, 1.82) is 0 Å². The first kappa shape index (κ1) is 19.4. The minimum Gasteiger partial charge on any atom is -0.495 e. The van der Waals surface area contributed by atoms with E-state index in [0.717, 1.165) is 16.8 Å². The normalized spacial score (nSPS) is 14.1. The number of benzene rings is 1. The van der Waals surface area contributed by atoms with E-state index in [1.807, 2.05) is 25.1 Å². The molecule has 1 aliphatic heterocycles. The van der Waals surface area contributed by atoms with Crippen molar-refractivity contribution in [2.75, 3.05) is 38.7 Å². The van der Waals surface area contributed by atoms with Gasteiger partial charge < -0.3 is 19.7 Å². The lowest BCUT2D eigenvalue weighted by Gasteiger charge is -2.27. The van der Waals surface area contributed by atoms with Crippen molar-refractivity contribution in [3.8, 4) is 5.75 Å². The number of amides is 1. The molecule has 0 aliphatic carbocycles. The fraction of sp³-hybridized carbons (Fsp3) is 0.286. The topological polar surface area (TPSA) is 76.6 Å². The number of nitrogens with zero attached hydrogens (tertiary/aromatic N) is 3. The van der Waals surface area contributed by atoms with E-state index in [4.69, 9.17) is 21.1 Å². The Hall–Kier alpha value is -2.90. The third kappa shape index (κ3) is 3.97. The van der Waals surface area contributed by atoms with Crippen LogP contribution in [-0.4, -0.2) is 54.2 Å². The molecular weight excluding hydrogens is 392 g/mol. The molecule has 2 aromatic heterocycles. The molecule has 0 spiro atoms. The summed E-state index contributed by atoms with van der Waals surface area (Å²) in [5.41, 5.74) is 3.30. The zero-order chi connectivity index (χ0) is 20.4. The number of rotatable bonds is 4. The van der Waals surface area contributed by atoms with Gasteiger partial charge in [-0.1, -0.05) is 11.6 Å². The van der Waals surface area contributed by atoms with Crippen LogP contribution in [0.25, 0.3) is 11.0 Å². The number of ether oxygens (including phenoxy) is 2. The zero-order valence-electron chi connectivity index (χ0n) is 16.2. The summed E-state index contributed by atoms with van der Waals surface area (Å²) in [6.07, 6.45) is 1.58. The van der Waals surface area contributed by atoms with E-state index in [-0.39, 0.29) is 5.91 Å². The first-order valence-electron chi connectivity index (χ1n) is 9.31. The van der Waals surface area contributed by atoms with Gasteiger partial charge >= 0.3 is 0 Å². The lowest BCUT2D eigenvalue weighted by atomic mass is 10.1. The molecule has 150 valence electrons. The number of carbonyl (C=O) groups is 1. The monoisotopic (exact) mass is 412 g/mol. The van der Waals surface area contributed by atoms with Crippen LogP contribution in [0.15, 0.2) is 36.5 Å². The molecule has 0 saturated carbocycles. The quantitative estimate of drug-likeness (QED) is 0.702. The maximum atomic E-state index is 13.2. The van der Waals surface area contributed by atoms with E-state index >= 15 is 0 Å². The molecule has 7 nitrogen and oxygen atoms in total. The van der Waals surface area contributed by atoms with Crippen molar-refractivity contribution in [1.82, 2.24) is 14.9 Å². The van der Waals surface area contributed by atoms with E-state index in [0.29, 0.717) is 54.0 Å². The van der Waals surface area contributed by atoms with E-state index in [2.05, 4.69) is 15.3 Å². The van der Waals surface area contributed by atoms with Crippen LogP contribution >= 0.6 is 11.6 Å². The number of anilines is 2. The molecule has 3 heterocycles. The van der Waals surface area contributed by atoms with Crippen LogP contribution in [-0.2, 0) is 4.74 Å². The Kier molecular flexibility index (Phi) is 5.51. The number of pyridine rings is 2. The van der Waals surface area contributed by atoms with E-state index in [1.54, 1.807) is 30.3 Å². The molecular formula is C21H21ClN4O3. The maximum Gasteiger partial charge on any atom is 0.257 e. The van der Waals surface area contributed by atoms with Gasteiger partial charge in [-0.2, -0.15) is 0 Å². The highest BCUT2D eigenvalue weighted by molar-refractivity contribution is 6.32. The molecule has 4 rings (SSSR count). The molecule has 1 N–H and O–H groups in total. The Morgan fingerprint density at radius 3 is 2.76 bits per heavy atom. The number of hydrogen-bond donors (Lipinski definition) is 1. The van der Waals surface area contributed by atoms with Gasteiger partial charge in [0.25, 0.3) is 5.91 Å². The van der Waals surface area contributed by atoms with Crippen molar-refractivity contribution in [2.45, 2.75) is 6.92 Å². The molecule has 8 heteroatoms. The van der Waals surface area contributed by atoms with Crippen molar-refractivity contribution in [3.05, 3.63) is 52.8 Å². The first-order chi connectivity index (χ1) is 14.1. The molecule has 1 fully saturated rings. The maximum absolute atomic E-state index is 13.2. The van der Waals surface area contributed by atoms with Gasteiger partial charge in [-0.05, 0) is 37.3 Å². The van der Waals surface area contributed by atoms with Crippen LogP contribution in [0.5, 0.6) is 5.75 Å². The summed E-state index contributed by atoms with van der Waals surface area (Å²) in [5, 5.41) is 4.59. The highest BCUT2D eigenvalue weighted by Crippen LogP contribution is 2.33. The average molecular weight is 413 g/mol. The van der Waals surface area contributed by atoms with Crippen molar-refractivity contribution < 1.29 is 14.3 Å². The Balaban J connectivity index is 1.80. The fourth-order valence-electron chi connectivity index (χ4n) is 3.29. The number of aromatic nitrogens is 2. The second-order valence-corrected chi connectivity index (χ2v) is 7.16. The van der Waals surface area contributed by atoms with Crippen LogP contribution in [0.3, 0.4) is 0 Å². The minimum atomic E-state index is -0.0922. The Morgan fingerprint density at radius 1 is 1.24 bits per heavy atom. The predicted molar refractivity (Wildman–Crippen MR) is 112 cm³/mol. The first-order valence-corrected chi connectivity index (χ1v) is 9.68. The number of fused-ring (bicyclic) bond motifs is 1. The van der Waals surface area contributed by atoms with E-state index in [1.165, 1.54) is 0 Å². The summed E-state index contributed by atoms with van der Waals surface area (Å²) in [6.45, 7) is 4.08. The van der Waals surface area contributed by atoms with Crippen molar-refractivity contribution in [3.63, 3.8) is 0 Å². The van der Waals surface area contributed by atoms with Crippen LogP contribution in [0.2, 0.25) is 5.02 Å². The third-order valence-electron chi connectivity index (χ3n) is 4.82. The Morgan fingerprint density at radius 2 is 2.03 bits per heavy atom. The summed E-state index contributed by atoms with van der Waals surface area (Å²) >= 11 is 6.28. The SMILES string of the molecule is COc1ccc(Nc2c(C(=O)N3CCOCC3)cnc3nc(C)ccc23)cc1Cl. The third-order valence-corrected chi connectivity index (χ3v) is 5.11. The van der Waals surface area contributed by atoms with Crippen molar-refractivity contribution >= 4 is 39.9 Å². The Bertz CT molecular complexity index is 1070. The summed E-state index contributed by atoms with van der Waals surface area (Å²) in [6, 6.07) is 9.21. The highest BCUT2D eigenvalue weighted by atomic mass is 35.5. The van der Waals surface area contributed by atoms with Crippen LogP contribution in [0.4, 0.5) is 11.4 Å². The summed E-state index contributed by atoms with van der Waals surface area (Å²) in [4.78, 5) is 23.9. The smallest absolute Gasteiger partial charge is 0.257 e. The second-order valence-electron chi connectivity index (χ2n) is 6.75. The molecule has 0 radical (unpaired) electrons. The average Bonchev–Trinajstić information content (AvgIpc) is 2.74. The molecule has 0 unspecified atom stereocenters. The van der Waals surface area contributed by atoms with Crippen LogP contribution < -0.4 is 10.1 Å². The molecule has 1 saturated heterocycles. The largest absolute Gasteiger partial charge is 0.495 e. The van der Waals surface area contributed by atoms with Gasteiger partial charge in [0.05, 0.1) is 36.6 Å².